The Balaban J connectivity index is 1.76. The van der Waals surface area contributed by atoms with Crippen LogP contribution in [0.3, 0.4) is 0 Å². The zero-order chi connectivity index (χ0) is 14.8. The van der Waals surface area contributed by atoms with Crippen LogP contribution in [0.4, 0.5) is 4.79 Å². The first kappa shape index (κ1) is 14.0. The second-order valence-electron chi connectivity index (χ2n) is 6.17. The van der Waals surface area contributed by atoms with E-state index >= 15 is 0 Å². The van der Waals surface area contributed by atoms with Crippen molar-refractivity contribution in [3.8, 4) is 11.8 Å². The van der Waals surface area contributed by atoms with Crippen LogP contribution < -0.4 is 0 Å². The maximum absolute atomic E-state index is 11.3. The van der Waals surface area contributed by atoms with E-state index in [1.165, 1.54) is 5.56 Å². The summed E-state index contributed by atoms with van der Waals surface area (Å²) in [5, 5.41) is 9.27. The number of amides is 1. The summed E-state index contributed by atoms with van der Waals surface area (Å²) < 4.78 is 0. The molecule has 2 aliphatic rings. The van der Waals surface area contributed by atoms with E-state index in [1.807, 2.05) is 12.1 Å². The van der Waals surface area contributed by atoms with Crippen molar-refractivity contribution in [2.24, 2.45) is 11.8 Å². The Morgan fingerprint density at radius 2 is 2.19 bits per heavy atom. The topological polar surface area (TPSA) is 40.5 Å². The van der Waals surface area contributed by atoms with Gasteiger partial charge in [-0.05, 0) is 49.8 Å². The van der Waals surface area contributed by atoms with Gasteiger partial charge < -0.3 is 10.0 Å². The number of carbonyl (C=O) groups is 1. The van der Waals surface area contributed by atoms with Crippen LogP contribution in [-0.2, 0) is 0 Å². The third-order valence-electron chi connectivity index (χ3n) is 4.80. The number of carboxylic acid groups (broad SMARTS) is 1. The summed E-state index contributed by atoms with van der Waals surface area (Å²) in [6, 6.07) is 8.44. The highest BCUT2D eigenvalue weighted by molar-refractivity contribution is 5.66. The van der Waals surface area contributed by atoms with E-state index < -0.39 is 6.09 Å². The first-order valence-electron chi connectivity index (χ1n) is 7.73. The second kappa shape index (κ2) is 5.81. The molecule has 0 spiro atoms. The van der Waals surface area contributed by atoms with Gasteiger partial charge in [-0.25, -0.2) is 4.79 Å². The fourth-order valence-electron chi connectivity index (χ4n) is 3.79. The molecule has 3 heteroatoms. The predicted octanol–water partition coefficient (Wildman–Crippen LogP) is 3.52. The molecule has 1 aromatic rings. The zero-order valence-electron chi connectivity index (χ0n) is 12.4. The SMILES string of the molecule is Cc1cccc(C#CC2CCCC3C2CCN3C(=O)O)c1. The number of hydrogen-bond acceptors (Lipinski definition) is 1. The molecule has 110 valence electrons. The Morgan fingerprint density at radius 3 is 2.95 bits per heavy atom. The molecule has 3 rings (SSSR count). The molecule has 3 unspecified atom stereocenters. The predicted molar refractivity (Wildman–Crippen MR) is 82.0 cm³/mol. The normalized spacial score (nSPS) is 27.7. The first-order valence-corrected chi connectivity index (χ1v) is 7.73. The fourth-order valence-corrected chi connectivity index (χ4v) is 3.79. The minimum absolute atomic E-state index is 0.188. The number of likely N-dealkylation sites (tertiary alicyclic amines) is 1. The molecule has 1 aliphatic carbocycles. The van der Waals surface area contributed by atoms with Gasteiger partial charge in [0.05, 0.1) is 0 Å². The third kappa shape index (κ3) is 2.90. The molecule has 0 bridgehead atoms. The number of nitrogens with zero attached hydrogens (tertiary/aromatic N) is 1. The summed E-state index contributed by atoms with van der Waals surface area (Å²) in [4.78, 5) is 12.9. The largest absolute Gasteiger partial charge is 0.465 e. The molecule has 21 heavy (non-hydrogen) atoms. The van der Waals surface area contributed by atoms with Crippen molar-refractivity contribution in [2.45, 2.75) is 38.6 Å². The number of aryl methyl sites for hydroxylation is 1. The average molecular weight is 283 g/mol. The molecule has 1 saturated heterocycles. The van der Waals surface area contributed by atoms with Crippen LogP contribution in [0.2, 0.25) is 0 Å². The summed E-state index contributed by atoms with van der Waals surface area (Å²) in [6.45, 7) is 2.75. The molecule has 1 aliphatic heterocycles. The van der Waals surface area contributed by atoms with Crippen molar-refractivity contribution in [3.63, 3.8) is 0 Å². The van der Waals surface area contributed by atoms with Gasteiger partial charge in [-0.2, -0.15) is 0 Å². The van der Waals surface area contributed by atoms with Gasteiger partial charge >= 0.3 is 6.09 Å². The van der Waals surface area contributed by atoms with Crippen LogP contribution in [-0.4, -0.2) is 28.7 Å². The maximum Gasteiger partial charge on any atom is 0.407 e. The van der Waals surface area contributed by atoms with Gasteiger partial charge in [0.25, 0.3) is 0 Å². The van der Waals surface area contributed by atoms with Crippen molar-refractivity contribution in [2.75, 3.05) is 6.54 Å². The summed E-state index contributed by atoms with van der Waals surface area (Å²) >= 11 is 0. The van der Waals surface area contributed by atoms with Gasteiger partial charge in [0.2, 0.25) is 0 Å². The van der Waals surface area contributed by atoms with Crippen LogP contribution >= 0.6 is 0 Å². The lowest BCUT2D eigenvalue weighted by Gasteiger charge is -2.33. The van der Waals surface area contributed by atoms with Crippen molar-refractivity contribution >= 4 is 6.09 Å². The molecule has 0 aromatic heterocycles. The van der Waals surface area contributed by atoms with Gasteiger partial charge in [-0.3, -0.25) is 0 Å². The van der Waals surface area contributed by atoms with E-state index in [1.54, 1.807) is 4.90 Å². The standard InChI is InChI=1S/C18H21NO2/c1-13-4-2-5-14(12-13)8-9-15-6-3-7-17-16(15)10-11-19(17)18(20)21/h2,4-5,12,15-17H,3,6-7,10-11H2,1H3,(H,20,21). The highest BCUT2D eigenvalue weighted by Gasteiger charge is 2.42. The smallest absolute Gasteiger partial charge is 0.407 e. The van der Waals surface area contributed by atoms with E-state index in [2.05, 4.69) is 30.9 Å². The minimum Gasteiger partial charge on any atom is -0.465 e. The van der Waals surface area contributed by atoms with E-state index in [9.17, 15) is 9.90 Å². The number of hydrogen-bond donors (Lipinski definition) is 1. The Labute approximate surface area is 126 Å². The van der Waals surface area contributed by atoms with Crippen molar-refractivity contribution in [1.82, 2.24) is 4.90 Å². The summed E-state index contributed by atoms with van der Waals surface area (Å²) in [7, 11) is 0. The van der Waals surface area contributed by atoms with Gasteiger partial charge in [0, 0.05) is 24.1 Å². The molecule has 1 saturated carbocycles. The monoisotopic (exact) mass is 283 g/mol. The lowest BCUT2D eigenvalue weighted by atomic mass is 9.76. The maximum atomic E-state index is 11.3. The Hall–Kier alpha value is -1.95. The fraction of sp³-hybridized carbons (Fsp3) is 0.500. The quantitative estimate of drug-likeness (QED) is 0.740. The van der Waals surface area contributed by atoms with E-state index in [0.717, 1.165) is 31.2 Å². The minimum atomic E-state index is -0.769. The second-order valence-corrected chi connectivity index (χ2v) is 6.17. The molecule has 1 heterocycles. The van der Waals surface area contributed by atoms with E-state index in [-0.39, 0.29) is 6.04 Å². The molecular weight excluding hydrogens is 262 g/mol. The highest BCUT2D eigenvalue weighted by atomic mass is 16.4. The Kier molecular flexibility index (Phi) is 3.88. The number of benzene rings is 1. The third-order valence-corrected chi connectivity index (χ3v) is 4.80. The summed E-state index contributed by atoms with van der Waals surface area (Å²) in [6.07, 6.45) is 3.38. The lowest BCUT2D eigenvalue weighted by molar-refractivity contribution is 0.118. The Bertz CT molecular complexity index is 599. The number of fused-ring (bicyclic) bond motifs is 1. The molecule has 1 aromatic carbocycles. The van der Waals surface area contributed by atoms with Gasteiger partial charge in [-0.15, -0.1) is 0 Å². The van der Waals surface area contributed by atoms with Crippen LogP contribution in [0.5, 0.6) is 0 Å². The lowest BCUT2D eigenvalue weighted by Crippen LogP contribution is -2.40. The summed E-state index contributed by atoms with van der Waals surface area (Å²) in [5.74, 6) is 7.49. The van der Waals surface area contributed by atoms with Gasteiger partial charge in [0.1, 0.15) is 0 Å². The molecule has 3 nitrogen and oxygen atoms in total. The molecule has 1 N–H and O–H groups in total. The van der Waals surface area contributed by atoms with E-state index in [0.29, 0.717) is 18.4 Å². The molecule has 0 radical (unpaired) electrons. The number of rotatable bonds is 0. The van der Waals surface area contributed by atoms with Crippen LogP contribution in [0.1, 0.15) is 36.8 Å². The highest BCUT2D eigenvalue weighted by Crippen LogP contribution is 2.39. The van der Waals surface area contributed by atoms with E-state index in [4.69, 9.17) is 0 Å². The van der Waals surface area contributed by atoms with Crippen LogP contribution in [0.15, 0.2) is 24.3 Å². The van der Waals surface area contributed by atoms with Crippen LogP contribution in [0, 0.1) is 30.6 Å². The van der Waals surface area contributed by atoms with Gasteiger partial charge in [0.15, 0.2) is 0 Å². The van der Waals surface area contributed by atoms with Crippen molar-refractivity contribution < 1.29 is 9.90 Å². The molecular formula is C18H21NO2. The Morgan fingerprint density at radius 1 is 1.33 bits per heavy atom. The average Bonchev–Trinajstić information content (AvgIpc) is 2.90. The van der Waals surface area contributed by atoms with Crippen molar-refractivity contribution in [3.05, 3.63) is 35.4 Å². The van der Waals surface area contributed by atoms with Crippen LogP contribution in [0.25, 0.3) is 0 Å². The first-order chi connectivity index (χ1) is 10.1. The zero-order valence-corrected chi connectivity index (χ0v) is 12.4. The summed E-state index contributed by atoms with van der Waals surface area (Å²) in [5.41, 5.74) is 2.28. The molecule has 3 atom stereocenters. The molecule has 1 amide bonds. The van der Waals surface area contributed by atoms with Crippen molar-refractivity contribution in [1.29, 1.82) is 0 Å². The van der Waals surface area contributed by atoms with Gasteiger partial charge in [-0.1, -0.05) is 30.4 Å². The molecule has 2 fully saturated rings.